The number of amides is 1. The third-order valence-corrected chi connectivity index (χ3v) is 3.70. The normalized spacial score (nSPS) is 16.4. The van der Waals surface area contributed by atoms with Crippen LogP contribution in [0.25, 0.3) is 0 Å². The molecular formula is C15H20N2O2. The molecule has 1 saturated carbocycles. The van der Waals surface area contributed by atoms with Gasteiger partial charge in [0.15, 0.2) is 0 Å². The van der Waals surface area contributed by atoms with Crippen LogP contribution in [0.5, 0.6) is 0 Å². The monoisotopic (exact) mass is 260 g/mol. The third-order valence-electron chi connectivity index (χ3n) is 3.70. The summed E-state index contributed by atoms with van der Waals surface area (Å²) in [6.45, 7) is 2.12. The second kappa shape index (κ2) is 5.87. The number of hydrogen-bond donors (Lipinski definition) is 0. The fraction of sp³-hybridized carbons (Fsp3) is 0.467. The van der Waals surface area contributed by atoms with Crippen molar-refractivity contribution in [3.63, 3.8) is 0 Å². The third kappa shape index (κ3) is 3.34. The van der Waals surface area contributed by atoms with Gasteiger partial charge in [-0.05, 0) is 43.4 Å². The average Bonchev–Trinajstić information content (AvgIpc) is 3.28. The lowest BCUT2D eigenvalue weighted by atomic mass is 10.1. The first-order chi connectivity index (χ1) is 9.13. The molecule has 1 aromatic carbocycles. The van der Waals surface area contributed by atoms with Gasteiger partial charge in [-0.25, -0.2) is 0 Å². The van der Waals surface area contributed by atoms with Crippen molar-refractivity contribution in [3.05, 3.63) is 35.4 Å². The molecule has 1 atom stereocenters. The maximum absolute atomic E-state index is 12.3. The summed E-state index contributed by atoms with van der Waals surface area (Å²) in [6, 6.07) is 7.71. The van der Waals surface area contributed by atoms with Crippen molar-refractivity contribution in [2.45, 2.75) is 25.8 Å². The molecule has 19 heavy (non-hydrogen) atoms. The lowest BCUT2D eigenvalue weighted by molar-refractivity contribution is 0.0727. The molecule has 0 radical (unpaired) electrons. The molecule has 1 fully saturated rings. The summed E-state index contributed by atoms with van der Waals surface area (Å²) in [5, 5.41) is 3.69. The largest absolute Gasteiger partial charge is 0.399 e. The van der Waals surface area contributed by atoms with Crippen molar-refractivity contribution in [1.82, 2.24) is 4.90 Å². The molecule has 102 valence electrons. The summed E-state index contributed by atoms with van der Waals surface area (Å²) in [5.74, 6) is 0.761. The smallest absolute Gasteiger partial charge is 0.253 e. The molecule has 0 bridgehead atoms. The van der Waals surface area contributed by atoms with E-state index in [2.05, 4.69) is 16.9 Å². The molecule has 0 saturated heterocycles. The van der Waals surface area contributed by atoms with Crippen molar-refractivity contribution < 1.29 is 9.63 Å². The number of nitrogens with zero attached hydrogens (tertiary/aromatic N) is 2. The first-order valence-corrected chi connectivity index (χ1v) is 6.57. The van der Waals surface area contributed by atoms with Gasteiger partial charge in [-0.2, -0.15) is 0 Å². The van der Waals surface area contributed by atoms with E-state index in [0.717, 1.165) is 5.56 Å². The predicted octanol–water partition coefficient (Wildman–Crippen LogP) is 2.54. The second-order valence-electron chi connectivity index (χ2n) is 5.03. The van der Waals surface area contributed by atoms with E-state index in [0.29, 0.717) is 17.5 Å². The quantitative estimate of drug-likeness (QED) is 0.603. The zero-order valence-electron chi connectivity index (χ0n) is 11.7. The molecule has 0 N–H and O–H groups in total. The number of oxime groups is 1. The maximum Gasteiger partial charge on any atom is 0.253 e. The highest BCUT2D eigenvalue weighted by atomic mass is 16.6. The van der Waals surface area contributed by atoms with Gasteiger partial charge in [0.2, 0.25) is 0 Å². The van der Waals surface area contributed by atoms with Crippen LogP contribution in [0.3, 0.4) is 0 Å². The molecule has 1 unspecified atom stereocenters. The van der Waals surface area contributed by atoms with Crippen LogP contribution in [-0.2, 0) is 4.84 Å². The molecule has 1 aliphatic carbocycles. The van der Waals surface area contributed by atoms with Crippen molar-refractivity contribution in [2.24, 2.45) is 11.1 Å². The Kier molecular flexibility index (Phi) is 4.20. The van der Waals surface area contributed by atoms with Gasteiger partial charge in [-0.15, -0.1) is 0 Å². The predicted molar refractivity (Wildman–Crippen MR) is 75.3 cm³/mol. The summed E-state index contributed by atoms with van der Waals surface area (Å²) in [5.41, 5.74) is 1.63. The van der Waals surface area contributed by atoms with E-state index in [1.165, 1.54) is 20.0 Å². The Morgan fingerprint density at radius 3 is 2.58 bits per heavy atom. The van der Waals surface area contributed by atoms with E-state index in [9.17, 15) is 4.79 Å². The van der Waals surface area contributed by atoms with E-state index in [4.69, 9.17) is 0 Å². The number of hydrogen-bond acceptors (Lipinski definition) is 3. The average molecular weight is 260 g/mol. The molecular weight excluding hydrogens is 240 g/mol. The van der Waals surface area contributed by atoms with Crippen molar-refractivity contribution in [1.29, 1.82) is 0 Å². The molecule has 4 heteroatoms. The standard InChI is InChI=1S/C15H20N2O2/c1-11(13-8-9-13)17(2)15(18)14-6-4-12(5-7-14)10-16-19-3/h4-7,10-11,13H,8-9H2,1-3H3/b16-10+. The lowest BCUT2D eigenvalue weighted by Crippen LogP contribution is -2.36. The Labute approximate surface area is 114 Å². The Bertz CT molecular complexity index is 464. The number of benzene rings is 1. The van der Waals surface area contributed by atoms with Crippen LogP contribution in [0.2, 0.25) is 0 Å². The van der Waals surface area contributed by atoms with Gasteiger partial charge in [0.05, 0.1) is 6.21 Å². The van der Waals surface area contributed by atoms with Gasteiger partial charge in [0, 0.05) is 18.7 Å². The molecule has 4 nitrogen and oxygen atoms in total. The highest BCUT2D eigenvalue weighted by molar-refractivity contribution is 5.95. The van der Waals surface area contributed by atoms with E-state index in [1.807, 2.05) is 36.2 Å². The first-order valence-electron chi connectivity index (χ1n) is 6.57. The van der Waals surface area contributed by atoms with Gasteiger partial charge >= 0.3 is 0 Å². The fourth-order valence-corrected chi connectivity index (χ4v) is 2.11. The summed E-state index contributed by atoms with van der Waals surface area (Å²) < 4.78 is 0. The number of rotatable bonds is 5. The molecule has 0 aromatic heterocycles. The Morgan fingerprint density at radius 1 is 1.42 bits per heavy atom. The topological polar surface area (TPSA) is 41.9 Å². The van der Waals surface area contributed by atoms with Crippen LogP contribution in [0, 0.1) is 5.92 Å². The first kappa shape index (κ1) is 13.6. The minimum absolute atomic E-state index is 0.0784. The van der Waals surface area contributed by atoms with Gasteiger partial charge in [-0.1, -0.05) is 17.3 Å². The van der Waals surface area contributed by atoms with Crippen molar-refractivity contribution in [2.75, 3.05) is 14.2 Å². The molecule has 1 amide bonds. The molecule has 0 aliphatic heterocycles. The van der Waals surface area contributed by atoms with Crippen LogP contribution in [0.15, 0.2) is 29.4 Å². The van der Waals surface area contributed by atoms with Gasteiger partial charge in [-0.3, -0.25) is 4.79 Å². The highest BCUT2D eigenvalue weighted by Gasteiger charge is 2.32. The van der Waals surface area contributed by atoms with E-state index >= 15 is 0 Å². The van der Waals surface area contributed by atoms with E-state index < -0.39 is 0 Å². The Balaban J connectivity index is 2.04. The number of carbonyl (C=O) groups excluding carboxylic acids is 1. The molecule has 0 spiro atoms. The molecule has 0 heterocycles. The van der Waals surface area contributed by atoms with Crippen LogP contribution >= 0.6 is 0 Å². The Hall–Kier alpha value is -1.84. The zero-order valence-corrected chi connectivity index (χ0v) is 11.7. The van der Waals surface area contributed by atoms with Crippen LogP contribution in [0.4, 0.5) is 0 Å². The van der Waals surface area contributed by atoms with Gasteiger partial charge in [0.25, 0.3) is 5.91 Å². The SMILES string of the molecule is CO/N=C/c1ccc(C(=O)N(C)C(C)C2CC2)cc1. The van der Waals surface area contributed by atoms with Crippen molar-refractivity contribution >= 4 is 12.1 Å². The summed E-state index contributed by atoms with van der Waals surface area (Å²) >= 11 is 0. The molecule has 2 rings (SSSR count). The van der Waals surface area contributed by atoms with Gasteiger partial charge < -0.3 is 9.74 Å². The molecule has 1 aromatic rings. The van der Waals surface area contributed by atoms with Crippen molar-refractivity contribution in [3.8, 4) is 0 Å². The Morgan fingerprint density at radius 2 is 2.05 bits per heavy atom. The summed E-state index contributed by atoms with van der Waals surface area (Å²) in [7, 11) is 3.38. The zero-order chi connectivity index (χ0) is 13.8. The number of carbonyl (C=O) groups is 1. The van der Waals surface area contributed by atoms with Gasteiger partial charge in [0.1, 0.15) is 7.11 Å². The minimum atomic E-state index is 0.0784. The maximum atomic E-state index is 12.3. The lowest BCUT2D eigenvalue weighted by Gasteiger charge is -2.25. The van der Waals surface area contributed by atoms with Crippen LogP contribution in [-0.4, -0.2) is 37.2 Å². The summed E-state index contributed by atoms with van der Waals surface area (Å²) in [4.78, 5) is 18.8. The van der Waals surface area contributed by atoms with E-state index in [1.54, 1.807) is 6.21 Å². The fourth-order valence-electron chi connectivity index (χ4n) is 2.11. The molecule has 1 aliphatic rings. The van der Waals surface area contributed by atoms with Crippen LogP contribution < -0.4 is 0 Å². The van der Waals surface area contributed by atoms with E-state index in [-0.39, 0.29) is 5.91 Å². The summed E-state index contributed by atoms with van der Waals surface area (Å²) in [6.07, 6.45) is 4.10. The minimum Gasteiger partial charge on any atom is -0.399 e. The second-order valence-corrected chi connectivity index (χ2v) is 5.03. The highest BCUT2D eigenvalue weighted by Crippen LogP contribution is 2.35. The van der Waals surface area contributed by atoms with Crippen LogP contribution in [0.1, 0.15) is 35.7 Å².